The van der Waals surface area contributed by atoms with E-state index < -0.39 is 0 Å². The van der Waals surface area contributed by atoms with Crippen LogP contribution in [0, 0.1) is 6.92 Å². The Kier molecular flexibility index (Phi) is 4.12. The lowest BCUT2D eigenvalue weighted by atomic mass is 9.97. The molecule has 7 nitrogen and oxygen atoms in total. The third-order valence-electron chi connectivity index (χ3n) is 4.57. The molecule has 3 aromatic rings. The number of ether oxygens (including phenoxy) is 1. The van der Waals surface area contributed by atoms with E-state index in [4.69, 9.17) is 4.74 Å². The monoisotopic (exact) mass is 357 g/mol. The zero-order valence-corrected chi connectivity index (χ0v) is 15.0. The van der Waals surface area contributed by atoms with Gasteiger partial charge in [-0.3, -0.25) is 9.89 Å². The van der Waals surface area contributed by atoms with Crippen LogP contribution in [0.2, 0.25) is 0 Å². The minimum Gasteiger partial charge on any atom is -0.496 e. The number of carbonyl (C=O) groups excluding carboxylic acids is 1. The van der Waals surface area contributed by atoms with E-state index in [9.17, 15) is 4.79 Å². The van der Waals surface area contributed by atoms with Crippen LogP contribution in [0.4, 0.5) is 0 Å². The number of methoxy groups -OCH3 is 1. The summed E-state index contributed by atoms with van der Waals surface area (Å²) in [6, 6.07) is 3.52. The number of aryl methyl sites for hydroxylation is 1. The first-order valence-electron chi connectivity index (χ1n) is 8.26. The van der Waals surface area contributed by atoms with Gasteiger partial charge in [0.1, 0.15) is 11.3 Å². The van der Waals surface area contributed by atoms with E-state index in [1.165, 1.54) is 0 Å². The summed E-state index contributed by atoms with van der Waals surface area (Å²) in [7, 11) is 1.56. The zero-order chi connectivity index (χ0) is 17.4. The number of likely N-dealkylation sites (tertiary alicyclic amines) is 1. The maximum Gasteiger partial charge on any atom is 0.257 e. The smallest absolute Gasteiger partial charge is 0.257 e. The quantitative estimate of drug-likeness (QED) is 0.779. The molecule has 25 heavy (non-hydrogen) atoms. The Morgan fingerprint density at radius 1 is 1.44 bits per heavy atom. The molecule has 8 heteroatoms. The predicted molar refractivity (Wildman–Crippen MR) is 95.2 cm³/mol. The highest BCUT2D eigenvalue weighted by atomic mass is 32.1. The first-order valence-corrected chi connectivity index (χ1v) is 9.14. The SMILES string of the molecule is COc1cc2nn[nH]c2cc1C(=O)N1CCC[C@@H](c2nc(C)cs2)C1. The van der Waals surface area contributed by atoms with Crippen LogP contribution in [0.1, 0.15) is 39.8 Å². The first kappa shape index (κ1) is 16.0. The third-order valence-corrected chi connectivity index (χ3v) is 5.70. The Hall–Kier alpha value is -2.48. The van der Waals surface area contributed by atoms with Gasteiger partial charge in [0.2, 0.25) is 0 Å². The average molecular weight is 357 g/mol. The molecule has 1 aliphatic rings. The van der Waals surface area contributed by atoms with Gasteiger partial charge in [-0.1, -0.05) is 5.21 Å². The van der Waals surface area contributed by atoms with Gasteiger partial charge in [-0.25, -0.2) is 4.98 Å². The highest BCUT2D eigenvalue weighted by Gasteiger charge is 2.29. The number of fused-ring (bicyclic) bond motifs is 1. The van der Waals surface area contributed by atoms with Crippen molar-refractivity contribution >= 4 is 28.3 Å². The Labute approximate surface area is 149 Å². The molecule has 0 radical (unpaired) electrons. The average Bonchev–Trinajstić information content (AvgIpc) is 3.28. The summed E-state index contributed by atoms with van der Waals surface area (Å²) in [6.07, 6.45) is 2.04. The van der Waals surface area contributed by atoms with Crippen LogP contribution in [-0.2, 0) is 0 Å². The minimum atomic E-state index is -0.0219. The van der Waals surface area contributed by atoms with Gasteiger partial charge in [0.25, 0.3) is 5.91 Å². The number of H-pyrrole nitrogens is 1. The number of hydrogen-bond donors (Lipinski definition) is 1. The van der Waals surface area contributed by atoms with Crippen molar-refractivity contribution in [2.75, 3.05) is 20.2 Å². The van der Waals surface area contributed by atoms with Gasteiger partial charge in [-0.05, 0) is 25.8 Å². The predicted octanol–water partition coefficient (Wildman–Crippen LogP) is 2.75. The number of thiazole rings is 1. The van der Waals surface area contributed by atoms with Crippen molar-refractivity contribution in [2.24, 2.45) is 0 Å². The molecule has 1 saturated heterocycles. The number of benzene rings is 1. The topological polar surface area (TPSA) is 84.0 Å². The van der Waals surface area contributed by atoms with Crippen molar-refractivity contribution in [1.29, 1.82) is 0 Å². The molecule has 0 saturated carbocycles. The van der Waals surface area contributed by atoms with E-state index in [2.05, 4.69) is 25.8 Å². The number of carbonyl (C=O) groups is 1. The summed E-state index contributed by atoms with van der Waals surface area (Å²) < 4.78 is 5.41. The van der Waals surface area contributed by atoms with Gasteiger partial charge in [0.15, 0.2) is 0 Å². The third kappa shape index (κ3) is 2.97. The molecule has 1 amide bonds. The molecule has 2 aromatic heterocycles. The molecule has 1 aromatic carbocycles. The number of nitrogens with one attached hydrogen (secondary N) is 1. The number of amides is 1. The van der Waals surface area contributed by atoms with Gasteiger partial charge in [-0.2, -0.15) is 0 Å². The van der Waals surface area contributed by atoms with E-state index in [0.717, 1.165) is 35.6 Å². The van der Waals surface area contributed by atoms with Crippen LogP contribution in [0.25, 0.3) is 11.0 Å². The second-order valence-corrected chi connectivity index (χ2v) is 7.19. The summed E-state index contributed by atoms with van der Waals surface area (Å²) in [5.74, 6) is 0.810. The van der Waals surface area contributed by atoms with Crippen LogP contribution in [0.5, 0.6) is 5.75 Å². The highest BCUT2D eigenvalue weighted by Crippen LogP contribution is 2.31. The highest BCUT2D eigenvalue weighted by molar-refractivity contribution is 7.09. The van der Waals surface area contributed by atoms with Crippen LogP contribution in [-0.4, -0.2) is 51.4 Å². The number of hydrogen-bond acceptors (Lipinski definition) is 6. The Morgan fingerprint density at radius 3 is 3.08 bits per heavy atom. The van der Waals surface area contributed by atoms with E-state index in [1.807, 2.05) is 11.8 Å². The zero-order valence-electron chi connectivity index (χ0n) is 14.2. The van der Waals surface area contributed by atoms with Crippen molar-refractivity contribution < 1.29 is 9.53 Å². The molecule has 0 aliphatic carbocycles. The summed E-state index contributed by atoms with van der Waals surface area (Å²) in [5.41, 5.74) is 3.00. The fourth-order valence-electron chi connectivity index (χ4n) is 3.30. The van der Waals surface area contributed by atoms with Gasteiger partial charge >= 0.3 is 0 Å². The largest absolute Gasteiger partial charge is 0.496 e. The summed E-state index contributed by atoms with van der Waals surface area (Å²) >= 11 is 1.68. The number of nitrogens with zero attached hydrogens (tertiary/aromatic N) is 4. The van der Waals surface area contributed by atoms with Crippen molar-refractivity contribution in [3.05, 3.63) is 33.8 Å². The van der Waals surface area contributed by atoms with Crippen LogP contribution >= 0.6 is 11.3 Å². The van der Waals surface area contributed by atoms with Crippen LogP contribution in [0.15, 0.2) is 17.5 Å². The number of aromatic nitrogens is 4. The van der Waals surface area contributed by atoms with E-state index in [-0.39, 0.29) is 5.91 Å². The lowest BCUT2D eigenvalue weighted by Gasteiger charge is -2.32. The molecule has 130 valence electrons. The van der Waals surface area contributed by atoms with Crippen molar-refractivity contribution in [3.8, 4) is 5.75 Å². The van der Waals surface area contributed by atoms with Crippen molar-refractivity contribution in [1.82, 2.24) is 25.3 Å². The summed E-state index contributed by atoms with van der Waals surface area (Å²) in [5, 5.41) is 13.8. The molecular weight excluding hydrogens is 338 g/mol. The normalized spacial score (nSPS) is 17.8. The van der Waals surface area contributed by atoms with Crippen molar-refractivity contribution in [3.63, 3.8) is 0 Å². The summed E-state index contributed by atoms with van der Waals surface area (Å²) in [4.78, 5) is 19.6. The number of piperidine rings is 1. The minimum absolute atomic E-state index is 0.0219. The first-order chi connectivity index (χ1) is 12.2. The lowest BCUT2D eigenvalue weighted by molar-refractivity contribution is 0.0704. The van der Waals surface area contributed by atoms with Crippen LogP contribution < -0.4 is 4.74 Å². The summed E-state index contributed by atoms with van der Waals surface area (Å²) in [6.45, 7) is 3.45. The lowest BCUT2D eigenvalue weighted by Crippen LogP contribution is -2.39. The van der Waals surface area contributed by atoms with Crippen molar-refractivity contribution in [2.45, 2.75) is 25.7 Å². The molecule has 1 N–H and O–H groups in total. The maximum atomic E-state index is 13.1. The fraction of sp³-hybridized carbons (Fsp3) is 0.412. The fourth-order valence-corrected chi connectivity index (χ4v) is 4.23. The molecule has 4 rings (SSSR count). The molecule has 0 bridgehead atoms. The molecule has 1 aliphatic heterocycles. The Bertz CT molecular complexity index is 919. The second kappa shape index (κ2) is 6.44. The van der Waals surface area contributed by atoms with Gasteiger partial charge in [0.05, 0.1) is 23.2 Å². The van der Waals surface area contributed by atoms with Gasteiger partial charge in [-0.15, -0.1) is 16.4 Å². The number of aromatic amines is 1. The number of rotatable bonds is 3. The van der Waals surface area contributed by atoms with Gasteiger partial charge in [0, 0.05) is 36.1 Å². The Balaban J connectivity index is 1.61. The molecular formula is C17H19N5O2S. The second-order valence-electron chi connectivity index (χ2n) is 6.30. The molecule has 0 spiro atoms. The molecule has 1 atom stereocenters. The van der Waals surface area contributed by atoms with E-state index >= 15 is 0 Å². The van der Waals surface area contributed by atoms with Gasteiger partial charge < -0.3 is 9.64 Å². The molecule has 0 unspecified atom stereocenters. The van der Waals surface area contributed by atoms with Crippen LogP contribution in [0.3, 0.4) is 0 Å². The van der Waals surface area contributed by atoms with E-state index in [0.29, 0.717) is 29.3 Å². The maximum absolute atomic E-state index is 13.1. The Morgan fingerprint density at radius 2 is 2.32 bits per heavy atom. The molecule has 3 heterocycles. The molecule has 1 fully saturated rings. The standard InChI is InChI=1S/C17H19N5O2S/c1-10-9-25-16(18-10)11-4-3-5-22(8-11)17(23)12-6-13-14(20-21-19-13)7-15(12)24-2/h6-7,9,11H,3-5,8H2,1-2H3,(H,19,20,21)/t11-/m1/s1. The van der Waals surface area contributed by atoms with E-state index in [1.54, 1.807) is 30.6 Å².